The fraction of sp³-hybridized carbons (Fsp3) is 0.241. The number of thiophene rings is 1. The second kappa shape index (κ2) is 8.93. The molecular formula is C29H25FN2O2S. The summed E-state index contributed by atoms with van der Waals surface area (Å²) in [6, 6.07) is 22.0. The topological polar surface area (TPSA) is 40.6 Å². The molecule has 4 aromatic rings. The summed E-state index contributed by atoms with van der Waals surface area (Å²) in [5, 5.41) is 4.15. The Balaban J connectivity index is 1.29. The second-order valence-electron chi connectivity index (χ2n) is 9.32. The summed E-state index contributed by atoms with van der Waals surface area (Å²) in [5.41, 5.74) is 2.59. The number of benzene rings is 3. The van der Waals surface area contributed by atoms with Gasteiger partial charge in [-0.25, -0.2) is 4.39 Å². The summed E-state index contributed by atoms with van der Waals surface area (Å²) in [7, 11) is 0. The summed E-state index contributed by atoms with van der Waals surface area (Å²) in [4.78, 5) is 32.2. The van der Waals surface area contributed by atoms with E-state index in [1.54, 1.807) is 28.4 Å². The maximum atomic E-state index is 13.7. The maximum absolute atomic E-state index is 13.7. The minimum atomic E-state index is -0.297. The first-order valence-electron chi connectivity index (χ1n) is 12.0. The van der Waals surface area contributed by atoms with E-state index in [2.05, 4.69) is 11.4 Å². The normalized spacial score (nSPS) is 17.3. The summed E-state index contributed by atoms with van der Waals surface area (Å²) in [6.45, 7) is 0.630. The first-order chi connectivity index (χ1) is 17.1. The molecule has 1 aliphatic heterocycles. The van der Waals surface area contributed by atoms with Gasteiger partial charge in [-0.15, -0.1) is 11.3 Å². The summed E-state index contributed by atoms with van der Waals surface area (Å²) >= 11 is 1.70. The molecule has 6 heteroatoms. The number of hydrogen-bond acceptors (Lipinski definition) is 3. The van der Waals surface area contributed by atoms with Crippen LogP contribution in [-0.2, 0) is 11.2 Å². The molecule has 0 radical (unpaired) electrons. The molecule has 3 aromatic carbocycles. The molecule has 4 nitrogen and oxygen atoms in total. The van der Waals surface area contributed by atoms with Crippen molar-refractivity contribution in [2.75, 3.05) is 13.1 Å². The maximum Gasteiger partial charge on any atom is 0.254 e. The lowest BCUT2D eigenvalue weighted by Gasteiger charge is -2.37. The lowest BCUT2D eigenvalue weighted by Crippen LogP contribution is -2.47. The van der Waals surface area contributed by atoms with Crippen molar-refractivity contribution in [3.63, 3.8) is 0 Å². The third-order valence-corrected chi connectivity index (χ3v) is 8.02. The van der Waals surface area contributed by atoms with Crippen LogP contribution in [0.1, 0.15) is 45.2 Å². The predicted molar refractivity (Wildman–Crippen MR) is 136 cm³/mol. The van der Waals surface area contributed by atoms with Crippen LogP contribution in [0.25, 0.3) is 10.8 Å². The number of rotatable bonds is 5. The Kier molecular flexibility index (Phi) is 5.61. The number of halogens is 1. The quantitative estimate of drug-likeness (QED) is 0.358. The molecule has 35 heavy (non-hydrogen) atoms. The van der Waals surface area contributed by atoms with E-state index in [4.69, 9.17) is 0 Å². The molecule has 1 atom stereocenters. The van der Waals surface area contributed by atoms with E-state index < -0.39 is 0 Å². The van der Waals surface area contributed by atoms with E-state index in [9.17, 15) is 14.0 Å². The average Bonchev–Trinajstić information content (AvgIpc) is 3.62. The van der Waals surface area contributed by atoms with E-state index in [-0.39, 0.29) is 36.3 Å². The molecule has 1 saturated carbocycles. The zero-order valence-electron chi connectivity index (χ0n) is 19.2. The first-order valence-corrected chi connectivity index (χ1v) is 12.9. The number of hydrogen-bond donors (Lipinski definition) is 0. The molecular weight excluding hydrogens is 459 g/mol. The van der Waals surface area contributed by atoms with Crippen molar-refractivity contribution in [3.05, 3.63) is 106 Å². The molecule has 0 saturated heterocycles. The van der Waals surface area contributed by atoms with Crippen molar-refractivity contribution in [2.45, 2.75) is 31.3 Å². The Bertz CT molecular complexity index is 1410. The highest BCUT2D eigenvalue weighted by Crippen LogP contribution is 2.38. The second-order valence-corrected chi connectivity index (χ2v) is 10.3. The number of carbonyl (C=O) groups is 2. The smallest absolute Gasteiger partial charge is 0.254 e. The fourth-order valence-corrected chi connectivity index (χ4v) is 5.97. The van der Waals surface area contributed by atoms with Gasteiger partial charge in [-0.3, -0.25) is 9.59 Å². The molecule has 2 amide bonds. The zero-order valence-corrected chi connectivity index (χ0v) is 20.0. The van der Waals surface area contributed by atoms with Crippen LogP contribution in [0.5, 0.6) is 0 Å². The molecule has 176 valence electrons. The van der Waals surface area contributed by atoms with Gasteiger partial charge in [-0.1, -0.05) is 42.5 Å². The summed E-state index contributed by atoms with van der Waals surface area (Å²) in [5.74, 6) is -0.468. The molecule has 0 spiro atoms. The van der Waals surface area contributed by atoms with Crippen LogP contribution >= 0.6 is 11.3 Å². The van der Waals surface area contributed by atoms with Crippen molar-refractivity contribution in [1.82, 2.24) is 9.80 Å². The van der Waals surface area contributed by atoms with Crippen molar-refractivity contribution < 1.29 is 14.0 Å². The minimum absolute atomic E-state index is 0.0491. The van der Waals surface area contributed by atoms with Crippen LogP contribution in [0.2, 0.25) is 0 Å². The lowest BCUT2D eigenvalue weighted by atomic mass is 9.93. The van der Waals surface area contributed by atoms with Gasteiger partial charge in [0.2, 0.25) is 5.91 Å². The number of nitrogens with zero attached hydrogens (tertiary/aromatic N) is 2. The highest BCUT2D eigenvalue weighted by molar-refractivity contribution is 7.10. The molecule has 1 aliphatic carbocycles. The molecule has 0 N–H and O–H groups in total. The number of amides is 2. The van der Waals surface area contributed by atoms with E-state index in [0.717, 1.165) is 41.2 Å². The van der Waals surface area contributed by atoms with E-state index >= 15 is 0 Å². The van der Waals surface area contributed by atoms with E-state index in [0.29, 0.717) is 12.1 Å². The summed E-state index contributed by atoms with van der Waals surface area (Å²) < 4.78 is 13.6. The van der Waals surface area contributed by atoms with E-state index in [1.807, 2.05) is 47.4 Å². The van der Waals surface area contributed by atoms with Gasteiger partial charge in [0, 0.05) is 23.0 Å². The van der Waals surface area contributed by atoms with E-state index in [1.165, 1.54) is 17.0 Å². The molecule has 1 fully saturated rings. The highest BCUT2D eigenvalue weighted by atomic mass is 32.1. The molecule has 2 aliphatic rings. The van der Waals surface area contributed by atoms with Gasteiger partial charge in [0.1, 0.15) is 12.4 Å². The predicted octanol–water partition coefficient (Wildman–Crippen LogP) is 5.82. The number of fused-ring (bicyclic) bond motifs is 2. The molecule has 0 bridgehead atoms. The van der Waals surface area contributed by atoms with Crippen molar-refractivity contribution >= 4 is 33.9 Å². The molecule has 1 unspecified atom stereocenters. The Morgan fingerprint density at radius 3 is 2.51 bits per heavy atom. The minimum Gasteiger partial charge on any atom is -0.330 e. The Labute approximate surface area is 207 Å². The van der Waals surface area contributed by atoms with Crippen LogP contribution in [-0.4, -0.2) is 40.7 Å². The van der Waals surface area contributed by atoms with Gasteiger partial charge >= 0.3 is 0 Å². The Hall–Kier alpha value is -3.51. The Morgan fingerprint density at radius 1 is 0.971 bits per heavy atom. The summed E-state index contributed by atoms with van der Waals surface area (Å²) in [6.07, 6.45) is 2.63. The Morgan fingerprint density at radius 2 is 1.74 bits per heavy atom. The average molecular weight is 485 g/mol. The van der Waals surface area contributed by atoms with Gasteiger partial charge in [0.25, 0.3) is 5.91 Å². The molecule has 1 aromatic heterocycles. The van der Waals surface area contributed by atoms with Crippen LogP contribution in [0.15, 0.2) is 78.2 Å². The van der Waals surface area contributed by atoms with Crippen LogP contribution < -0.4 is 0 Å². The lowest BCUT2D eigenvalue weighted by molar-refractivity contribution is -0.134. The third-order valence-electron chi connectivity index (χ3n) is 7.02. The monoisotopic (exact) mass is 484 g/mol. The van der Waals surface area contributed by atoms with Gasteiger partial charge in [-0.2, -0.15) is 0 Å². The van der Waals surface area contributed by atoms with Gasteiger partial charge in [0.05, 0.1) is 6.04 Å². The molecule has 6 rings (SSSR count). The first kappa shape index (κ1) is 22.0. The van der Waals surface area contributed by atoms with Gasteiger partial charge in [-0.05, 0) is 76.9 Å². The fourth-order valence-electron chi connectivity index (χ4n) is 5.07. The zero-order chi connectivity index (χ0) is 23.9. The van der Waals surface area contributed by atoms with Crippen molar-refractivity contribution in [3.8, 4) is 0 Å². The highest BCUT2D eigenvalue weighted by Gasteiger charge is 2.38. The standard InChI is InChI=1S/C29H25FN2O2S/c30-23-9-7-20(8-10-23)28-25-14-16-35-26(25)13-15-31(28)27(33)18-32(24-11-12-24)29(34)22-6-5-19-3-1-2-4-21(19)17-22/h1-10,14,16-17,24,28H,11-13,15,18H2. The van der Waals surface area contributed by atoms with Crippen LogP contribution in [0, 0.1) is 5.82 Å². The molecule has 2 heterocycles. The van der Waals surface area contributed by atoms with Crippen LogP contribution in [0.4, 0.5) is 4.39 Å². The SMILES string of the molecule is O=C(c1ccc2ccccc2c1)N(CC(=O)N1CCc2sccc2C1c1ccc(F)cc1)C1CC1. The van der Waals surface area contributed by atoms with Crippen molar-refractivity contribution in [1.29, 1.82) is 0 Å². The van der Waals surface area contributed by atoms with Crippen LogP contribution in [0.3, 0.4) is 0 Å². The van der Waals surface area contributed by atoms with Gasteiger partial charge in [0.15, 0.2) is 0 Å². The van der Waals surface area contributed by atoms with Gasteiger partial charge < -0.3 is 9.80 Å². The largest absolute Gasteiger partial charge is 0.330 e. The number of carbonyl (C=O) groups excluding carboxylic acids is 2. The third kappa shape index (κ3) is 4.23. The van der Waals surface area contributed by atoms with Crippen molar-refractivity contribution in [2.24, 2.45) is 0 Å².